The van der Waals surface area contributed by atoms with Crippen molar-refractivity contribution in [2.24, 2.45) is 5.16 Å². The molecule has 200 valence electrons. The third-order valence-electron chi connectivity index (χ3n) is 5.16. The molecule has 38 heavy (non-hydrogen) atoms. The summed E-state index contributed by atoms with van der Waals surface area (Å²) in [6.45, 7) is -0.289. The van der Waals surface area contributed by atoms with Crippen molar-refractivity contribution < 1.29 is 46.7 Å². The number of thiazole rings is 1. The number of nitrogens with zero attached hydrogens (tertiary/aromatic N) is 3. The summed E-state index contributed by atoms with van der Waals surface area (Å²) in [4.78, 5) is 56.8. The number of carbonyl (C=O) groups is 4. The van der Waals surface area contributed by atoms with E-state index in [1.54, 1.807) is 5.32 Å². The SMILES string of the molecule is O=C(/C=N/OCc1ccc(F)cc1-c1csc(NC(=O)C(F)(F)F)n1)NC1C(=O)N2C(C(=O)O)=CCSC12. The summed E-state index contributed by atoms with van der Waals surface area (Å²) in [5.41, 5.74) is 0.399. The van der Waals surface area contributed by atoms with Crippen LogP contribution in [0.3, 0.4) is 0 Å². The second-order valence-electron chi connectivity index (χ2n) is 7.61. The number of hydrogen-bond acceptors (Lipinski definition) is 9. The van der Waals surface area contributed by atoms with E-state index >= 15 is 0 Å². The van der Waals surface area contributed by atoms with Gasteiger partial charge in [-0.05, 0) is 18.2 Å². The number of aliphatic carboxylic acids is 1. The minimum Gasteiger partial charge on any atom is -0.477 e. The third-order valence-corrected chi connectivity index (χ3v) is 7.10. The molecule has 2 aliphatic rings. The van der Waals surface area contributed by atoms with Crippen LogP contribution in [0.4, 0.5) is 22.7 Å². The normalized spacial score (nSPS) is 18.9. The first-order valence-corrected chi connectivity index (χ1v) is 12.3. The number of nitrogens with one attached hydrogen (secondary N) is 2. The lowest BCUT2D eigenvalue weighted by atomic mass is 10.1. The van der Waals surface area contributed by atoms with Crippen LogP contribution in [0.1, 0.15) is 5.56 Å². The molecule has 3 N–H and O–H groups in total. The summed E-state index contributed by atoms with van der Waals surface area (Å²) in [6.07, 6.45) is -2.94. The average Bonchev–Trinajstić information content (AvgIpc) is 3.32. The molecule has 2 aliphatic heterocycles. The molecule has 0 saturated carbocycles. The molecule has 2 unspecified atom stereocenters. The number of alkyl halides is 3. The Labute approximate surface area is 218 Å². The number of aromatic nitrogens is 1. The van der Waals surface area contributed by atoms with Crippen molar-refractivity contribution in [3.05, 3.63) is 46.7 Å². The molecule has 1 aromatic heterocycles. The second kappa shape index (κ2) is 10.8. The number of amides is 3. The van der Waals surface area contributed by atoms with E-state index in [4.69, 9.17) is 4.84 Å². The van der Waals surface area contributed by atoms with Crippen LogP contribution in [0.2, 0.25) is 0 Å². The fraction of sp³-hybridized carbons (Fsp3) is 0.238. The number of thioether (sulfide) groups is 1. The molecular formula is C21H15F4N5O6S2. The van der Waals surface area contributed by atoms with Crippen LogP contribution in [-0.4, -0.2) is 68.2 Å². The maximum atomic E-state index is 13.8. The number of fused-ring (bicyclic) bond motifs is 1. The Bertz CT molecular complexity index is 1360. The standard InChI is InChI=1S/C21H15F4N5O6S2/c22-10-2-1-9(11(5-10)12-8-38-20(27-12)29-19(35)21(23,24)25)7-36-26-6-14(31)28-15-16(32)30-13(18(33)34)3-4-37-17(15)30/h1-3,5-6,8,15,17H,4,7H2,(H,28,31)(H,33,34)(H,27,29,35)/b26-6+. The number of carbonyl (C=O) groups excluding carboxylic acids is 3. The van der Waals surface area contributed by atoms with E-state index in [-0.39, 0.29) is 28.7 Å². The van der Waals surface area contributed by atoms with Gasteiger partial charge in [-0.2, -0.15) is 13.2 Å². The van der Waals surface area contributed by atoms with Gasteiger partial charge in [-0.1, -0.05) is 11.2 Å². The van der Waals surface area contributed by atoms with E-state index in [0.29, 0.717) is 22.7 Å². The Kier molecular flexibility index (Phi) is 7.68. The third kappa shape index (κ3) is 5.77. The van der Waals surface area contributed by atoms with E-state index in [2.05, 4.69) is 15.5 Å². The van der Waals surface area contributed by atoms with Crippen LogP contribution in [-0.2, 0) is 30.6 Å². The van der Waals surface area contributed by atoms with Crippen molar-refractivity contribution in [2.75, 3.05) is 11.1 Å². The summed E-state index contributed by atoms with van der Waals surface area (Å²) in [5, 5.41) is 17.1. The van der Waals surface area contributed by atoms with Crippen molar-refractivity contribution in [3.8, 4) is 11.3 Å². The Morgan fingerprint density at radius 1 is 1.32 bits per heavy atom. The van der Waals surface area contributed by atoms with E-state index in [1.165, 1.54) is 29.3 Å². The molecule has 1 aromatic carbocycles. The largest absolute Gasteiger partial charge is 0.477 e. The fourth-order valence-electron chi connectivity index (χ4n) is 3.46. The zero-order valence-electron chi connectivity index (χ0n) is 18.7. The van der Waals surface area contributed by atoms with Gasteiger partial charge in [0, 0.05) is 22.3 Å². The smallest absolute Gasteiger partial charge is 0.471 e. The highest BCUT2D eigenvalue weighted by molar-refractivity contribution is 8.00. The van der Waals surface area contributed by atoms with Crippen LogP contribution in [0.25, 0.3) is 11.3 Å². The number of rotatable bonds is 8. The topological polar surface area (TPSA) is 150 Å². The summed E-state index contributed by atoms with van der Waals surface area (Å²) in [7, 11) is 0. The zero-order chi connectivity index (χ0) is 27.6. The predicted octanol–water partition coefficient (Wildman–Crippen LogP) is 2.32. The van der Waals surface area contributed by atoms with Gasteiger partial charge in [-0.3, -0.25) is 24.6 Å². The highest BCUT2D eigenvalue weighted by Gasteiger charge is 2.52. The number of β-lactam (4-membered cyclic amide) rings is 1. The summed E-state index contributed by atoms with van der Waals surface area (Å²) in [6, 6.07) is 2.55. The molecule has 0 aliphatic carbocycles. The van der Waals surface area contributed by atoms with Crippen molar-refractivity contribution in [1.29, 1.82) is 0 Å². The average molecular weight is 574 g/mol. The Balaban J connectivity index is 1.35. The number of carboxylic acids is 1. The molecule has 4 rings (SSSR count). The maximum Gasteiger partial charge on any atom is 0.471 e. The first-order chi connectivity index (χ1) is 18.0. The highest BCUT2D eigenvalue weighted by Crippen LogP contribution is 2.37. The second-order valence-corrected chi connectivity index (χ2v) is 9.62. The lowest BCUT2D eigenvalue weighted by molar-refractivity contribution is -0.167. The van der Waals surface area contributed by atoms with E-state index in [0.717, 1.165) is 23.2 Å². The van der Waals surface area contributed by atoms with Crippen molar-refractivity contribution >= 4 is 58.1 Å². The van der Waals surface area contributed by atoms with Crippen LogP contribution < -0.4 is 10.6 Å². The lowest BCUT2D eigenvalue weighted by Crippen LogP contribution is -2.70. The first-order valence-electron chi connectivity index (χ1n) is 10.4. The highest BCUT2D eigenvalue weighted by atomic mass is 32.2. The number of halogens is 4. The zero-order valence-corrected chi connectivity index (χ0v) is 20.3. The molecule has 1 fully saturated rings. The van der Waals surface area contributed by atoms with Crippen molar-refractivity contribution in [3.63, 3.8) is 0 Å². The van der Waals surface area contributed by atoms with Gasteiger partial charge in [0.25, 0.3) is 11.8 Å². The summed E-state index contributed by atoms with van der Waals surface area (Å²) in [5.74, 6) is -5.12. The molecule has 0 spiro atoms. The van der Waals surface area contributed by atoms with Gasteiger partial charge < -0.3 is 15.3 Å². The van der Waals surface area contributed by atoms with E-state index < -0.39 is 47.1 Å². The Morgan fingerprint density at radius 3 is 2.79 bits per heavy atom. The van der Waals surface area contributed by atoms with E-state index in [9.17, 15) is 41.8 Å². The number of carboxylic acid groups (broad SMARTS) is 1. The van der Waals surface area contributed by atoms with Gasteiger partial charge in [0.2, 0.25) is 0 Å². The maximum absolute atomic E-state index is 13.8. The van der Waals surface area contributed by atoms with Crippen molar-refractivity contribution in [2.45, 2.75) is 24.2 Å². The molecule has 3 heterocycles. The van der Waals surface area contributed by atoms with E-state index in [1.807, 2.05) is 0 Å². The molecule has 11 nitrogen and oxygen atoms in total. The van der Waals surface area contributed by atoms with Crippen LogP contribution in [0.15, 0.2) is 40.5 Å². The molecular weight excluding hydrogens is 558 g/mol. The Hall–Kier alpha value is -3.99. The predicted molar refractivity (Wildman–Crippen MR) is 126 cm³/mol. The number of benzene rings is 1. The van der Waals surface area contributed by atoms with Crippen LogP contribution in [0, 0.1) is 5.82 Å². The van der Waals surface area contributed by atoms with Gasteiger partial charge in [-0.25, -0.2) is 14.2 Å². The van der Waals surface area contributed by atoms with Gasteiger partial charge in [-0.15, -0.1) is 23.1 Å². The fourth-order valence-corrected chi connectivity index (χ4v) is 5.36. The molecule has 0 radical (unpaired) electrons. The number of anilines is 1. The molecule has 0 bridgehead atoms. The van der Waals surface area contributed by atoms with Crippen LogP contribution >= 0.6 is 23.1 Å². The van der Waals surface area contributed by atoms with Gasteiger partial charge in [0.15, 0.2) is 5.13 Å². The number of hydrogen-bond donors (Lipinski definition) is 3. The summed E-state index contributed by atoms with van der Waals surface area (Å²) >= 11 is 1.98. The Morgan fingerprint density at radius 2 is 2.08 bits per heavy atom. The first kappa shape index (κ1) is 27.1. The van der Waals surface area contributed by atoms with Crippen molar-refractivity contribution in [1.82, 2.24) is 15.2 Å². The molecule has 2 aromatic rings. The molecule has 3 amide bonds. The molecule has 2 atom stereocenters. The minimum atomic E-state index is -5.10. The van der Waals surface area contributed by atoms with Gasteiger partial charge >= 0.3 is 18.1 Å². The lowest BCUT2D eigenvalue weighted by Gasteiger charge is -2.48. The quantitative estimate of drug-likeness (QED) is 0.189. The number of oxime groups is 1. The molecule has 1 saturated heterocycles. The van der Waals surface area contributed by atoms with Gasteiger partial charge in [0.1, 0.15) is 35.8 Å². The molecule has 17 heteroatoms. The van der Waals surface area contributed by atoms with Crippen LogP contribution in [0.5, 0.6) is 0 Å². The van der Waals surface area contributed by atoms with Gasteiger partial charge in [0.05, 0.1) is 5.69 Å². The minimum absolute atomic E-state index is 0.0695. The summed E-state index contributed by atoms with van der Waals surface area (Å²) < 4.78 is 51.2. The monoisotopic (exact) mass is 573 g/mol.